The SMILES string of the molecule is CC[C@H]1OC(=O)C[C@@H](O)[C@H](C)[C@@H](O[C@@H]2O[C@H](C)[C@@H](O)[C@H](N(C)CCc3cn(CCCOc4ccc(-c5csnn5)cc4)nn3)[C@H]2O)[C@@H](CC=O)C[C@@H](C)C(=O)/C=C/C(C)=C/[C@@H]1COC1O[C@H](C)[C@@H](O)[C@@H](OC)[C@H]1OC. The van der Waals surface area contributed by atoms with Crippen LogP contribution in [0.5, 0.6) is 5.75 Å². The van der Waals surface area contributed by atoms with Crippen molar-refractivity contribution >= 4 is 29.6 Å². The number of aromatic nitrogens is 5. The van der Waals surface area contributed by atoms with Crippen LogP contribution in [0.1, 0.15) is 79.3 Å². The van der Waals surface area contributed by atoms with Gasteiger partial charge in [-0.3, -0.25) is 19.2 Å². The van der Waals surface area contributed by atoms with Gasteiger partial charge in [-0.25, -0.2) is 0 Å². The highest BCUT2D eigenvalue weighted by atomic mass is 32.1. The summed E-state index contributed by atoms with van der Waals surface area (Å²) in [5.41, 5.74) is 3.18. The van der Waals surface area contributed by atoms with E-state index >= 15 is 0 Å². The fraction of sp³-hybridized carbons (Fsp3) is 0.679. The Hall–Kier alpha value is -4.43. The Morgan fingerprint density at radius 3 is 2.32 bits per heavy atom. The van der Waals surface area contributed by atoms with Gasteiger partial charge in [-0.15, -0.1) is 10.2 Å². The molecule has 75 heavy (non-hydrogen) atoms. The quantitative estimate of drug-likeness (QED) is 0.0713. The average Bonchev–Trinajstić information content (AvgIpc) is 4.11. The highest BCUT2D eigenvalue weighted by Gasteiger charge is 2.48. The Kier molecular flexibility index (Phi) is 23.0. The average molecular weight is 1070 g/mol. The summed E-state index contributed by atoms with van der Waals surface area (Å²) in [6, 6.07) is 6.80. The van der Waals surface area contributed by atoms with E-state index in [0.29, 0.717) is 50.2 Å². The van der Waals surface area contributed by atoms with Crippen LogP contribution in [0.2, 0.25) is 0 Å². The number of cyclic esters (lactones) is 1. The summed E-state index contributed by atoms with van der Waals surface area (Å²) < 4.78 is 53.9. The number of carbonyl (C=O) groups excluding carboxylic acids is 3. The van der Waals surface area contributed by atoms with Crippen molar-refractivity contribution in [2.45, 2.75) is 166 Å². The molecule has 21 nitrogen and oxygen atoms in total. The molecule has 22 heteroatoms. The summed E-state index contributed by atoms with van der Waals surface area (Å²) in [4.78, 5) is 41.8. The number of hydrogen-bond acceptors (Lipinski definition) is 21. The topological polar surface area (TPSA) is 266 Å². The number of ether oxygens (including phenoxy) is 8. The van der Waals surface area contributed by atoms with E-state index in [1.54, 1.807) is 45.5 Å². The van der Waals surface area contributed by atoms with E-state index in [1.807, 2.05) is 60.7 Å². The normalized spacial score (nSPS) is 34.6. The second kappa shape index (κ2) is 28.8. The van der Waals surface area contributed by atoms with E-state index in [4.69, 9.17) is 37.9 Å². The van der Waals surface area contributed by atoms with Crippen molar-refractivity contribution in [3.63, 3.8) is 0 Å². The van der Waals surface area contributed by atoms with Crippen LogP contribution in [-0.2, 0) is 60.5 Å². The van der Waals surface area contributed by atoms with Crippen LogP contribution >= 0.6 is 11.5 Å². The second-order valence-electron chi connectivity index (χ2n) is 20.1. The van der Waals surface area contributed by atoms with E-state index in [1.165, 1.54) is 31.8 Å². The highest BCUT2D eigenvalue weighted by Crippen LogP contribution is 2.35. The molecule has 0 amide bonds. The highest BCUT2D eigenvalue weighted by molar-refractivity contribution is 7.03. The first-order valence-corrected chi connectivity index (χ1v) is 26.8. The predicted molar refractivity (Wildman–Crippen MR) is 274 cm³/mol. The van der Waals surface area contributed by atoms with Gasteiger partial charge < -0.3 is 63.1 Å². The zero-order valence-corrected chi connectivity index (χ0v) is 45.3. The van der Waals surface area contributed by atoms with E-state index in [0.717, 1.165) is 23.3 Å². The number of hydrogen-bond donors (Lipinski definition) is 4. The molecule has 4 N–H and O–H groups in total. The van der Waals surface area contributed by atoms with Crippen LogP contribution in [0.4, 0.5) is 0 Å². The number of aliphatic hydroxyl groups excluding tert-OH is 4. The van der Waals surface area contributed by atoms with Gasteiger partial charge in [0.1, 0.15) is 48.2 Å². The molecule has 2 fully saturated rings. The molecule has 2 aromatic heterocycles. The smallest absolute Gasteiger partial charge is 0.308 e. The Bertz CT molecular complexity index is 2290. The number of methoxy groups -OCH3 is 2. The minimum Gasteiger partial charge on any atom is -0.494 e. The molecule has 1 aromatic carbocycles. The number of esters is 1. The number of carbonyl (C=O) groups is 3. The molecule has 0 spiro atoms. The number of nitrogens with zero attached hydrogens (tertiary/aromatic N) is 6. The third-order valence-corrected chi connectivity index (χ3v) is 15.1. The van der Waals surface area contributed by atoms with Crippen LogP contribution < -0.4 is 4.74 Å². The van der Waals surface area contributed by atoms with E-state index in [9.17, 15) is 34.8 Å². The Balaban J connectivity index is 1.11. The lowest BCUT2D eigenvalue weighted by molar-refractivity contribution is -0.305. The molecule has 3 aliphatic heterocycles. The largest absolute Gasteiger partial charge is 0.494 e. The summed E-state index contributed by atoms with van der Waals surface area (Å²) in [5.74, 6) is -2.88. The fourth-order valence-electron chi connectivity index (χ4n) is 10.1. The molecule has 0 bridgehead atoms. The molecule has 416 valence electrons. The van der Waals surface area contributed by atoms with Crippen molar-refractivity contribution in [2.24, 2.45) is 23.7 Å². The number of benzene rings is 1. The first-order chi connectivity index (χ1) is 36.0. The summed E-state index contributed by atoms with van der Waals surface area (Å²) in [6.45, 7) is 11.9. The molecule has 0 saturated carbocycles. The Labute approximate surface area is 443 Å². The number of allylic oxidation sites excluding steroid dienone is 3. The zero-order valence-electron chi connectivity index (χ0n) is 44.5. The van der Waals surface area contributed by atoms with E-state index in [-0.39, 0.29) is 25.2 Å². The summed E-state index contributed by atoms with van der Waals surface area (Å²) in [7, 11) is 4.70. The molecule has 5 heterocycles. The van der Waals surface area contributed by atoms with Gasteiger partial charge in [-0.2, -0.15) is 0 Å². The summed E-state index contributed by atoms with van der Waals surface area (Å²) in [5, 5.41) is 60.7. The maximum atomic E-state index is 13.8. The van der Waals surface area contributed by atoms with Crippen LogP contribution in [0, 0.1) is 23.7 Å². The number of aryl methyl sites for hydroxylation is 1. The zero-order chi connectivity index (χ0) is 54.3. The van der Waals surface area contributed by atoms with Gasteiger partial charge in [-0.05, 0) is 88.5 Å². The second-order valence-corrected chi connectivity index (χ2v) is 20.7. The van der Waals surface area contributed by atoms with Gasteiger partial charge in [0.15, 0.2) is 18.4 Å². The first-order valence-electron chi connectivity index (χ1n) is 25.9. The van der Waals surface area contributed by atoms with E-state index < -0.39 is 116 Å². The Morgan fingerprint density at radius 2 is 1.64 bits per heavy atom. The van der Waals surface area contributed by atoms with Gasteiger partial charge >= 0.3 is 5.97 Å². The van der Waals surface area contributed by atoms with E-state index in [2.05, 4.69) is 19.9 Å². The molecule has 0 aliphatic carbocycles. The summed E-state index contributed by atoms with van der Waals surface area (Å²) in [6.07, 6.45) is -3.24. The van der Waals surface area contributed by atoms with Gasteiger partial charge in [0.05, 0.1) is 61.9 Å². The van der Waals surface area contributed by atoms with Crippen molar-refractivity contribution in [3.8, 4) is 17.0 Å². The number of aliphatic hydroxyl groups is 4. The lowest BCUT2D eigenvalue weighted by Gasteiger charge is -2.47. The molecule has 6 rings (SSSR count). The molecular formula is C53H78N6O15S. The maximum absolute atomic E-state index is 13.8. The standard InChI is InChI=1S/C53H78N6O15S/c1-10-43-37(28-70-53-51(68-9)50(67-8)47(65)34(6)72-53)24-30(2)12-17-41(61)31(3)25-36(19-22-60)49(32(4)42(62)26-44(63)73-43)74-52-48(66)45(46(64)33(5)71-52)58(7)21-18-38-27-59(56-54-38)20-11-23-69-39-15-13-35(14-16-39)40-29-75-57-55-40/h12-17,22,24,27,29,31-34,36-37,42-43,45-53,62,64-66H,10-11,18-21,23,25-26,28H2,1-9H3/b17-12+,30-24+/t31-,32+,33-,34-,36+,37-,42-,43-,45+,46-,47-,48-,49-,50-,51-,52+,53?/m1/s1. The number of rotatable bonds is 20. The minimum absolute atomic E-state index is 0.0101. The van der Waals surface area contributed by atoms with Crippen LogP contribution in [0.15, 0.2) is 59.6 Å². The van der Waals surface area contributed by atoms with Gasteiger partial charge in [0.2, 0.25) is 0 Å². The van der Waals surface area contributed by atoms with Crippen molar-refractivity contribution in [1.82, 2.24) is 29.5 Å². The lowest BCUT2D eigenvalue weighted by atomic mass is 9.79. The van der Waals surface area contributed by atoms with Gasteiger partial charge in [0.25, 0.3) is 0 Å². The predicted octanol–water partition coefficient (Wildman–Crippen LogP) is 3.75. The lowest BCUT2D eigenvalue weighted by Crippen LogP contribution is -2.64. The van der Waals surface area contributed by atoms with Crippen LogP contribution in [-0.4, -0.2) is 189 Å². The molecule has 3 aliphatic rings. The first kappa shape index (κ1) is 59.8. The molecule has 0 radical (unpaired) electrons. The molecule has 3 aromatic rings. The van der Waals surface area contributed by atoms with Gasteiger partial charge in [0, 0.05) is 81.5 Å². The fourth-order valence-corrected chi connectivity index (χ4v) is 10.6. The molecule has 17 atom stereocenters. The summed E-state index contributed by atoms with van der Waals surface area (Å²) >= 11 is 1.30. The molecule has 2 saturated heterocycles. The van der Waals surface area contributed by atoms with Crippen LogP contribution in [0.25, 0.3) is 11.3 Å². The van der Waals surface area contributed by atoms with Crippen molar-refractivity contribution in [1.29, 1.82) is 0 Å². The van der Waals surface area contributed by atoms with Crippen molar-refractivity contribution < 1.29 is 72.7 Å². The monoisotopic (exact) mass is 1070 g/mol. The number of aldehydes is 1. The van der Waals surface area contributed by atoms with Crippen LogP contribution in [0.3, 0.4) is 0 Å². The number of ketones is 1. The van der Waals surface area contributed by atoms with Crippen molar-refractivity contribution in [3.05, 3.63) is 65.3 Å². The minimum atomic E-state index is -1.42. The van der Waals surface area contributed by atoms with Crippen molar-refractivity contribution in [2.75, 3.05) is 41.0 Å². The molecular weight excluding hydrogens is 993 g/mol. The third-order valence-electron chi connectivity index (χ3n) is 14.6. The third kappa shape index (κ3) is 16.1. The van der Waals surface area contributed by atoms with Gasteiger partial charge in [-0.1, -0.05) is 48.2 Å². The molecule has 1 unspecified atom stereocenters. The Morgan fingerprint density at radius 1 is 0.920 bits per heavy atom. The number of likely N-dealkylation sites (N-methyl/N-ethyl adjacent to an activating group) is 1. The maximum Gasteiger partial charge on any atom is 0.308 e.